The predicted octanol–water partition coefficient (Wildman–Crippen LogP) is 3.74. The number of hydrogen-bond acceptors (Lipinski definition) is 10. The molecule has 290 valence electrons. The van der Waals surface area contributed by atoms with E-state index in [9.17, 15) is 40.8 Å². The monoisotopic (exact) mass is 767 g/mol. The van der Waals surface area contributed by atoms with Crippen LogP contribution in [0.15, 0.2) is 43.1 Å². The quantitative estimate of drug-likeness (QED) is 0.269. The van der Waals surface area contributed by atoms with Crippen molar-refractivity contribution in [2.45, 2.75) is 101 Å². The Kier molecular flexibility index (Phi) is 10.4. The van der Waals surface area contributed by atoms with Gasteiger partial charge in [-0.05, 0) is 68.2 Å². The summed E-state index contributed by atoms with van der Waals surface area (Å²) in [6.45, 7) is 9.49. The second kappa shape index (κ2) is 14.0. The van der Waals surface area contributed by atoms with Gasteiger partial charge in [-0.2, -0.15) is 13.2 Å². The first-order valence-corrected chi connectivity index (χ1v) is 18.5. The lowest BCUT2D eigenvalue weighted by atomic mass is 9.85. The molecule has 0 bridgehead atoms. The fraction of sp³-hybridized carbons (Fsp3) is 0.571. The topological polar surface area (TPSA) is 182 Å². The van der Waals surface area contributed by atoms with Gasteiger partial charge >= 0.3 is 12.3 Å². The summed E-state index contributed by atoms with van der Waals surface area (Å²) in [5.41, 5.74) is -5.67. The Bertz CT molecular complexity index is 1910. The highest BCUT2D eigenvalue weighted by Gasteiger charge is 2.62. The number of hydrogen-bond donors (Lipinski definition) is 3. The van der Waals surface area contributed by atoms with Crippen LogP contribution in [0.5, 0.6) is 11.6 Å². The predicted molar refractivity (Wildman–Crippen MR) is 185 cm³/mol. The minimum absolute atomic E-state index is 0.0469. The molecular formula is C35H44F3N5O9S. The van der Waals surface area contributed by atoms with Gasteiger partial charge in [-0.1, -0.05) is 26.8 Å². The number of aromatic nitrogens is 1. The number of ether oxygens (including phenoxy) is 3. The van der Waals surface area contributed by atoms with Crippen LogP contribution in [0.1, 0.15) is 60.3 Å². The molecule has 3 N–H and O–H groups in total. The molecule has 5 atom stereocenters. The number of nitrogens with one attached hydrogen (secondary N) is 3. The number of halogens is 3. The minimum Gasteiger partial charge on any atom is -0.497 e. The van der Waals surface area contributed by atoms with Gasteiger partial charge in [0.25, 0.3) is 5.91 Å². The molecule has 0 radical (unpaired) electrons. The fourth-order valence-electron chi connectivity index (χ4n) is 6.15. The number of alkyl carbamates (subject to hydrolysis) is 1. The molecule has 1 aromatic carbocycles. The van der Waals surface area contributed by atoms with Crippen molar-refractivity contribution >= 4 is 44.6 Å². The third-order valence-corrected chi connectivity index (χ3v) is 11.5. The number of benzene rings is 1. The molecule has 1 unspecified atom stereocenters. The van der Waals surface area contributed by atoms with E-state index >= 15 is 0 Å². The van der Waals surface area contributed by atoms with Gasteiger partial charge in [-0.25, -0.2) is 18.2 Å². The summed E-state index contributed by atoms with van der Waals surface area (Å²) in [6.07, 6.45) is -3.66. The summed E-state index contributed by atoms with van der Waals surface area (Å²) >= 11 is 0. The smallest absolute Gasteiger partial charge is 0.427 e. The van der Waals surface area contributed by atoms with Crippen LogP contribution in [0.2, 0.25) is 0 Å². The number of rotatable bonds is 12. The Labute approximate surface area is 305 Å². The molecule has 2 saturated carbocycles. The number of nitrogens with zero attached hydrogens (tertiary/aromatic N) is 2. The summed E-state index contributed by atoms with van der Waals surface area (Å²) in [7, 11) is -2.46. The largest absolute Gasteiger partial charge is 0.497 e. The number of pyridine rings is 1. The zero-order valence-corrected chi connectivity index (χ0v) is 31.0. The van der Waals surface area contributed by atoms with Crippen LogP contribution in [-0.4, -0.2) is 96.5 Å². The third-order valence-electron chi connectivity index (χ3n) is 9.72. The van der Waals surface area contributed by atoms with Gasteiger partial charge in [-0.15, -0.1) is 6.58 Å². The van der Waals surface area contributed by atoms with E-state index < -0.39 is 85.9 Å². The number of methoxy groups -OCH3 is 1. The average molecular weight is 768 g/mol. The van der Waals surface area contributed by atoms with E-state index in [-0.39, 0.29) is 25.3 Å². The molecule has 2 aliphatic carbocycles. The zero-order valence-electron chi connectivity index (χ0n) is 30.2. The molecule has 3 aliphatic rings. The first-order chi connectivity index (χ1) is 24.5. The number of carbonyl (C=O) groups is 4. The Morgan fingerprint density at radius 3 is 2.34 bits per heavy atom. The lowest BCUT2D eigenvalue weighted by Crippen LogP contribution is -2.60. The van der Waals surface area contributed by atoms with E-state index in [2.05, 4.69) is 31.7 Å². The minimum atomic E-state index is -4.92. The molecule has 4 amide bonds. The molecule has 3 fully saturated rings. The van der Waals surface area contributed by atoms with Gasteiger partial charge in [0, 0.05) is 23.9 Å². The van der Waals surface area contributed by atoms with E-state index in [1.165, 1.54) is 19.4 Å². The molecule has 2 heterocycles. The number of amides is 4. The highest BCUT2D eigenvalue weighted by atomic mass is 32.2. The van der Waals surface area contributed by atoms with Crippen molar-refractivity contribution in [3.8, 4) is 11.6 Å². The lowest BCUT2D eigenvalue weighted by Gasteiger charge is -2.36. The summed E-state index contributed by atoms with van der Waals surface area (Å²) < 4.78 is 84.2. The lowest BCUT2D eigenvalue weighted by molar-refractivity contribution is -0.244. The van der Waals surface area contributed by atoms with Crippen molar-refractivity contribution in [3.63, 3.8) is 0 Å². The van der Waals surface area contributed by atoms with Crippen molar-refractivity contribution in [2.75, 3.05) is 13.7 Å². The normalized spacial score (nSPS) is 23.8. The maximum atomic E-state index is 14.4. The van der Waals surface area contributed by atoms with Crippen molar-refractivity contribution in [1.29, 1.82) is 0 Å². The number of alkyl halides is 3. The molecule has 14 nitrogen and oxygen atoms in total. The highest BCUT2D eigenvalue weighted by molar-refractivity contribution is 7.91. The van der Waals surface area contributed by atoms with Crippen LogP contribution in [0.4, 0.5) is 18.0 Å². The number of carbonyl (C=O) groups excluding carboxylic acids is 4. The van der Waals surface area contributed by atoms with Crippen molar-refractivity contribution < 1.29 is 55.0 Å². The van der Waals surface area contributed by atoms with E-state index in [1.54, 1.807) is 45.0 Å². The van der Waals surface area contributed by atoms with Crippen LogP contribution in [0.25, 0.3) is 10.8 Å². The van der Waals surface area contributed by atoms with E-state index in [1.807, 2.05) is 0 Å². The van der Waals surface area contributed by atoms with Crippen LogP contribution in [0.3, 0.4) is 0 Å². The van der Waals surface area contributed by atoms with Crippen LogP contribution in [-0.2, 0) is 29.1 Å². The molecule has 1 aromatic heterocycles. The summed E-state index contributed by atoms with van der Waals surface area (Å²) in [6, 6.07) is 4.10. The fourth-order valence-corrected chi connectivity index (χ4v) is 7.52. The molecule has 1 saturated heterocycles. The zero-order chi connectivity index (χ0) is 39.3. The second-order valence-corrected chi connectivity index (χ2v) is 17.2. The molecular weight excluding hydrogens is 723 g/mol. The SMILES string of the molecule is C=C[C@@H]1C[C@]1(NC(=O)[C@@H]1C[C@@H](Oc2nccc3cc(OC)ccc23)CN1C(=O)C(NC(=O)OC(C)(C)C(F)(F)F)C(C)(C)C)C(=O)NS(=O)(=O)C1CC1. The van der Waals surface area contributed by atoms with Crippen LogP contribution < -0.4 is 24.8 Å². The van der Waals surface area contributed by atoms with Gasteiger partial charge in [0.05, 0.1) is 18.9 Å². The molecule has 53 heavy (non-hydrogen) atoms. The van der Waals surface area contributed by atoms with Crippen LogP contribution >= 0.6 is 0 Å². The standard InChI is InChI=1S/C35H44F3N5O9S/c1-8-20-17-34(20,30(46)42-53(48,49)23-10-11-23)41-27(44)25-16-22(51-28-24-12-9-21(50-7)15-19(24)13-14-39-28)18-43(25)29(45)26(32(2,3)4)40-31(47)52-33(5,6)35(36,37)38/h8-9,12-15,20,22-23,25-26H,1,10-11,16-18H2,2-7H3,(H,40,47)(H,41,44)(H,42,46)/t20-,22-,25+,26?,34-/m1/s1. The van der Waals surface area contributed by atoms with Gasteiger partial charge in [0.2, 0.25) is 33.3 Å². The Morgan fingerprint density at radius 2 is 1.77 bits per heavy atom. The molecule has 2 aromatic rings. The molecule has 1 aliphatic heterocycles. The second-order valence-electron chi connectivity index (χ2n) is 15.2. The first-order valence-electron chi connectivity index (χ1n) is 17.0. The van der Waals surface area contributed by atoms with Crippen LogP contribution in [0, 0.1) is 11.3 Å². The van der Waals surface area contributed by atoms with Crippen molar-refractivity contribution in [1.82, 2.24) is 25.2 Å². The summed E-state index contributed by atoms with van der Waals surface area (Å²) in [4.78, 5) is 60.3. The maximum absolute atomic E-state index is 14.4. The Hall–Kier alpha value is -4.61. The molecule has 0 spiro atoms. The van der Waals surface area contributed by atoms with Gasteiger partial charge in [-0.3, -0.25) is 19.1 Å². The third kappa shape index (κ3) is 8.31. The van der Waals surface area contributed by atoms with Crippen molar-refractivity contribution in [2.24, 2.45) is 11.3 Å². The Balaban J connectivity index is 1.45. The number of fused-ring (bicyclic) bond motifs is 1. The van der Waals surface area contributed by atoms with Gasteiger partial charge < -0.3 is 29.7 Å². The first kappa shape index (κ1) is 39.6. The van der Waals surface area contributed by atoms with Gasteiger partial charge in [0.15, 0.2) is 0 Å². The highest BCUT2D eigenvalue weighted by Crippen LogP contribution is 2.46. The number of sulfonamides is 1. The Morgan fingerprint density at radius 1 is 1.09 bits per heavy atom. The average Bonchev–Trinajstić information content (AvgIpc) is 3.98. The van der Waals surface area contributed by atoms with E-state index in [0.29, 0.717) is 37.8 Å². The van der Waals surface area contributed by atoms with E-state index in [0.717, 1.165) is 10.3 Å². The summed E-state index contributed by atoms with van der Waals surface area (Å²) in [5.74, 6) is -2.45. The molecule has 18 heteroatoms. The summed E-state index contributed by atoms with van der Waals surface area (Å²) in [5, 5.41) is 5.55. The van der Waals surface area contributed by atoms with Gasteiger partial charge in [0.1, 0.15) is 29.5 Å². The van der Waals surface area contributed by atoms with E-state index in [4.69, 9.17) is 9.47 Å². The van der Waals surface area contributed by atoms with Crippen molar-refractivity contribution in [3.05, 3.63) is 43.1 Å². The number of likely N-dealkylation sites (tertiary alicyclic amines) is 1. The maximum Gasteiger partial charge on any atom is 0.427 e. The molecule has 5 rings (SSSR count).